The van der Waals surface area contributed by atoms with Gasteiger partial charge in [0.2, 0.25) is 0 Å². The van der Waals surface area contributed by atoms with Crippen LogP contribution in [0.4, 0.5) is 5.69 Å². The van der Waals surface area contributed by atoms with Crippen LogP contribution in [0, 0.1) is 0 Å². The molecule has 0 saturated carbocycles. The zero-order valence-electron chi connectivity index (χ0n) is 9.85. The molecule has 0 spiro atoms. The van der Waals surface area contributed by atoms with Gasteiger partial charge >= 0.3 is 0 Å². The third kappa shape index (κ3) is 2.98. The van der Waals surface area contributed by atoms with Gasteiger partial charge in [0, 0.05) is 12.9 Å². The van der Waals surface area contributed by atoms with Crippen LogP contribution in [0.25, 0.3) is 0 Å². The topological polar surface area (TPSA) is 69.4 Å². The van der Waals surface area contributed by atoms with Gasteiger partial charge in [-0.1, -0.05) is 6.07 Å². The van der Waals surface area contributed by atoms with Gasteiger partial charge in [0.15, 0.2) is 9.84 Å². The van der Waals surface area contributed by atoms with E-state index in [1.54, 1.807) is 12.1 Å². The first-order valence-corrected chi connectivity index (χ1v) is 7.56. The molecule has 0 aliphatic carbocycles. The third-order valence-electron chi connectivity index (χ3n) is 2.96. The van der Waals surface area contributed by atoms with E-state index >= 15 is 0 Å². The van der Waals surface area contributed by atoms with Crippen LogP contribution in [0.1, 0.15) is 18.4 Å². The second kappa shape index (κ2) is 4.66. The number of hydrogen-bond acceptors (Lipinski definition) is 4. The Hall–Kier alpha value is -1.07. The maximum Gasteiger partial charge on any atom is 0.177 e. The van der Waals surface area contributed by atoms with Crippen molar-refractivity contribution in [1.29, 1.82) is 0 Å². The monoisotopic (exact) mass is 255 g/mol. The SMILES string of the molecule is CS(=O)(=O)c1cc(CC2CCCO2)ccc1N. The Kier molecular flexibility index (Phi) is 3.40. The number of nitrogen functional groups attached to an aromatic ring is 1. The fourth-order valence-electron chi connectivity index (χ4n) is 2.10. The summed E-state index contributed by atoms with van der Waals surface area (Å²) in [5, 5.41) is 0. The lowest BCUT2D eigenvalue weighted by Crippen LogP contribution is -2.10. The number of benzene rings is 1. The molecule has 1 aliphatic rings. The van der Waals surface area contributed by atoms with Gasteiger partial charge in [0.05, 0.1) is 16.7 Å². The minimum Gasteiger partial charge on any atom is -0.398 e. The number of anilines is 1. The molecular formula is C12H17NO3S. The molecule has 0 radical (unpaired) electrons. The highest BCUT2D eigenvalue weighted by Gasteiger charge is 2.18. The maximum atomic E-state index is 11.5. The minimum absolute atomic E-state index is 0.214. The Morgan fingerprint density at radius 3 is 2.82 bits per heavy atom. The van der Waals surface area contributed by atoms with Gasteiger partial charge in [-0.3, -0.25) is 0 Å². The molecule has 1 heterocycles. The van der Waals surface area contributed by atoms with Gasteiger partial charge < -0.3 is 10.5 Å². The summed E-state index contributed by atoms with van der Waals surface area (Å²) in [5.41, 5.74) is 6.95. The van der Waals surface area contributed by atoms with E-state index in [0.717, 1.165) is 31.4 Å². The molecule has 1 aromatic rings. The van der Waals surface area contributed by atoms with Crippen molar-refractivity contribution in [1.82, 2.24) is 0 Å². The largest absolute Gasteiger partial charge is 0.398 e. The van der Waals surface area contributed by atoms with Crippen LogP contribution in [0.5, 0.6) is 0 Å². The number of sulfone groups is 1. The standard InChI is InChI=1S/C12H17NO3S/c1-17(14,15)12-8-9(4-5-11(12)13)7-10-3-2-6-16-10/h4-5,8,10H,2-3,6-7,13H2,1H3. The Bertz CT molecular complexity index is 504. The van der Waals surface area contributed by atoms with Crippen LogP contribution >= 0.6 is 0 Å². The van der Waals surface area contributed by atoms with Crippen LogP contribution in [0.2, 0.25) is 0 Å². The average Bonchev–Trinajstić information content (AvgIpc) is 2.72. The van der Waals surface area contributed by atoms with Crippen molar-refractivity contribution in [2.75, 3.05) is 18.6 Å². The Morgan fingerprint density at radius 1 is 1.47 bits per heavy atom. The maximum absolute atomic E-state index is 11.5. The molecule has 2 rings (SSSR count). The van der Waals surface area contributed by atoms with Crippen molar-refractivity contribution in [3.63, 3.8) is 0 Å². The van der Waals surface area contributed by atoms with Gasteiger partial charge in [0.25, 0.3) is 0 Å². The summed E-state index contributed by atoms with van der Waals surface area (Å²) in [4.78, 5) is 0.216. The second-order valence-electron chi connectivity index (χ2n) is 4.48. The van der Waals surface area contributed by atoms with Gasteiger partial charge in [-0.25, -0.2) is 8.42 Å². The number of nitrogens with two attached hydrogens (primary N) is 1. The van der Waals surface area contributed by atoms with Gasteiger partial charge in [-0.15, -0.1) is 0 Å². The van der Waals surface area contributed by atoms with E-state index < -0.39 is 9.84 Å². The molecule has 1 atom stereocenters. The summed E-state index contributed by atoms with van der Waals surface area (Å²) in [5.74, 6) is 0. The Balaban J connectivity index is 2.24. The summed E-state index contributed by atoms with van der Waals surface area (Å²) < 4.78 is 28.6. The summed E-state index contributed by atoms with van der Waals surface area (Å²) in [6, 6.07) is 5.18. The van der Waals surface area contributed by atoms with E-state index in [1.807, 2.05) is 6.07 Å². The van der Waals surface area contributed by atoms with Gasteiger partial charge in [0.1, 0.15) is 0 Å². The first-order valence-electron chi connectivity index (χ1n) is 5.67. The minimum atomic E-state index is -3.26. The lowest BCUT2D eigenvalue weighted by molar-refractivity contribution is 0.111. The molecule has 4 nitrogen and oxygen atoms in total. The Labute approximate surface area is 102 Å². The average molecular weight is 255 g/mol. The number of ether oxygens (including phenoxy) is 1. The lowest BCUT2D eigenvalue weighted by atomic mass is 10.1. The van der Waals surface area contributed by atoms with Crippen molar-refractivity contribution < 1.29 is 13.2 Å². The van der Waals surface area contributed by atoms with E-state index in [2.05, 4.69) is 0 Å². The van der Waals surface area contributed by atoms with Gasteiger partial charge in [-0.05, 0) is 37.0 Å². The quantitative estimate of drug-likeness (QED) is 0.829. The van der Waals surface area contributed by atoms with E-state index in [0.29, 0.717) is 5.69 Å². The van der Waals surface area contributed by atoms with E-state index in [4.69, 9.17) is 10.5 Å². The molecule has 0 aromatic heterocycles. The zero-order valence-corrected chi connectivity index (χ0v) is 10.7. The van der Waals surface area contributed by atoms with Crippen molar-refractivity contribution in [2.24, 2.45) is 0 Å². The highest BCUT2D eigenvalue weighted by atomic mass is 32.2. The van der Waals surface area contributed by atoms with Crippen LogP contribution < -0.4 is 5.73 Å². The van der Waals surface area contributed by atoms with E-state index in [9.17, 15) is 8.42 Å². The molecule has 1 fully saturated rings. The van der Waals surface area contributed by atoms with Crippen molar-refractivity contribution >= 4 is 15.5 Å². The molecule has 5 heteroatoms. The second-order valence-corrected chi connectivity index (χ2v) is 6.47. The van der Waals surface area contributed by atoms with E-state index in [-0.39, 0.29) is 11.0 Å². The van der Waals surface area contributed by atoms with Gasteiger partial charge in [-0.2, -0.15) is 0 Å². The number of rotatable bonds is 3. The first-order chi connectivity index (χ1) is 7.97. The lowest BCUT2D eigenvalue weighted by Gasteiger charge is -2.11. The summed E-state index contributed by atoms with van der Waals surface area (Å²) >= 11 is 0. The predicted octanol–water partition coefficient (Wildman–Crippen LogP) is 1.39. The van der Waals surface area contributed by atoms with E-state index in [1.165, 1.54) is 6.26 Å². The number of hydrogen-bond donors (Lipinski definition) is 1. The normalized spacial score (nSPS) is 20.6. The fraction of sp³-hybridized carbons (Fsp3) is 0.500. The van der Waals surface area contributed by atoms with Crippen LogP contribution in [0.3, 0.4) is 0 Å². The molecule has 17 heavy (non-hydrogen) atoms. The zero-order chi connectivity index (χ0) is 12.5. The molecule has 0 amide bonds. The van der Waals surface area contributed by atoms with Crippen LogP contribution in [0.15, 0.2) is 23.1 Å². The predicted molar refractivity (Wildman–Crippen MR) is 66.6 cm³/mol. The molecule has 0 bridgehead atoms. The molecule has 1 aromatic carbocycles. The molecule has 2 N–H and O–H groups in total. The molecular weight excluding hydrogens is 238 g/mol. The molecule has 1 aliphatic heterocycles. The van der Waals surface area contributed by atoms with Crippen molar-refractivity contribution in [3.8, 4) is 0 Å². The fourth-order valence-corrected chi connectivity index (χ4v) is 2.96. The first kappa shape index (κ1) is 12.4. The highest BCUT2D eigenvalue weighted by Crippen LogP contribution is 2.23. The van der Waals surface area contributed by atoms with Crippen molar-refractivity contribution in [2.45, 2.75) is 30.3 Å². The van der Waals surface area contributed by atoms with Crippen molar-refractivity contribution in [3.05, 3.63) is 23.8 Å². The summed E-state index contributed by atoms with van der Waals surface area (Å²) in [7, 11) is -3.26. The molecule has 1 saturated heterocycles. The molecule has 94 valence electrons. The van der Waals surface area contributed by atoms with Crippen LogP contribution in [-0.4, -0.2) is 27.4 Å². The van der Waals surface area contributed by atoms with Crippen LogP contribution in [-0.2, 0) is 21.0 Å². The summed E-state index contributed by atoms with van der Waals surface area (Å²) in [6.07, 6.45) is 4.26. The Morgan fingerprint density at radius 2 is 2.24 bits per heavy atom. The third-order valence-corrected chi connectivity index (χ3v) is 4.12. The molecule has 1 unspecified atom stereocenters. The highest BCUT2D eigenvalue weighted by molar-refractivity contribution is 7.90. The smallest absolute Gasteiger partial charge is 0.177 e. The summed E-state index contributed by atoms with van der Waals surface area (Å²) in [6.45, 7) is 0.804.